The van der Waals surface area contributed by atoms with Gasteiger partial charge in [-0.1, -0.05) is 122 Å². The van der Waals surface area contributed by atoms with E-state index in [1.165, 1.54) is 99.8 Å². The lowest BCUT2D eigenvalue weighted by molar-refractivity contribution is -0.157. The van der Waals surface area contributed by atoms with Crippen LogP contribution in [0.25, 0.3) is 0 Å². The Bertz CT molecular complexity index is 2470. The molecule has 1 fully saturated rings. The third kappa shape index (κ3) is 21.8. The summed E-state index contributed by atoms with van der Waals surface area (Å²) in [5, 5.41) is 23.1. The van der Waals surface area contributed by atoms with E-state index in [2.05, 4.69) is 21.3 Å². The summed E-state index contributed by atoms with van der Waals surface area (Å²) in [5.41, 5.74) is 0. The van der Waals surface area contributed by atoms with Gasteiger partial charge in [0.25, 0.3) is 0 Å². The zero-order chi connectivity index (χ0) is 68.3. The summed E-state index contributed by atoms with van der Waals surface area (Å²) in [6.45, 7) is 26.7. The van der Waals surface area contributed by atoms with Gasteiger partial charge in [-0.2, -0.15) is 0 Å². The number of carbonyl (C=O) groups is 11. The van der Waals surface area contributed by atoms with Gasteiger partial charge in [-0.15, -0.1) is 0 Å². The van der Waals surface area contributed by atoms with Crippen molar-refractivity contribution in [2.45, 2.75) is 216 Å². The van der Waals surface area contributed by atoms with E-state index in [0.29, 0.717) is 0 Å². The SMILES string of the molecule is [2H]C([2H])=C/C=C/C[C@@H](C)[C@@H](O)[C@H]1C(=O)N[C@@H](CC)C(=O)N(C)CC(=O)N(C)[C@@H](CC(C)C)C(=O)N[C@@H](C(C)C)C(=O)N(C)[C@@H](CC(C)C)C(=O)N[C@@H](C)C(=O)N[C@H](C)C(=O)N(C)[C@@H](CC(C)C)C(=O)N(C)[C@@H](CC(C)C)C(=O)N(C)[C@@H](C(C)C)C(=O)N1C. The third-order valence-corrected chi connectivity index (χ3v) is 16.1. The zero-order valence-electron chi connectivity index (χ0n) is 58.1. The van der Waals surface area contributed by atoms with Crippen LogP contribution in [-0.2, 0) is 52.7 Å². The Labute approximate surface area is 517 Å². The molecule has 12 atom stereocenters. The highest BCUT2D eigenvalue weighted by atomic mass is 16.3. The summed E-state index contributed by atoms with van der Waals surface area (Å²) in [4.78, 5) is 169. The average molecular weight is 1220 g/mol. The number of hydrogen-bond acceptors (Lipinski definition) is 12. The number of amides is 11. The van der Waals surface area contributed by atoms with E-state index in [0.717, 1.165) is 9.80 Å². The van der Waals surface area contributed by atoms with Gasteiger partial charge in [0.2, 0.25) is 65.0 Å². The van der Waals surface area contributed by atoms with E-state index in [1.807, 2.05) is 55.4 Å². The van der Waals surface area contributed by atoms with Crippen LogP contribution >= 0.6 is 0 Å². The fourth-order valence-electron chi connectivity index (χ4n) is 10.7. The molecular weight excluding hydrogens is 1100 g/mol. The number of allylic oxidation sites excluding steroid dienone is 3. The highest BCUT2D eigenvalue weighted by Crippen LogP contribution is 2.26. The normalized spacial score (nSPS) is 27.0. The molecule has 0 bridgehead atoms. The van der Waals surface area contributed by atoms with Crippen LogP contribution in [0.2, 0.25) is 0 Å². The Morgan fingerprint density at radius 1 is 0.500 bits per heavy atom. The van der Waals surface area contributed by atoms with E-state index >= 15 is 9.59 Å². The van der Waals surface area contributed by atoms with Crippen LogP contribution in [0.4, 0.5) is 0 Å². The van der Waals surface area contributed by atoms with Crippen molar-refractivity contribution in [3.8, 4) is 0 Å². The number of hydrogen-bond donors (Lipinski definition) is 5. The fourth-order valence-corrected chi connectivity index (χ4v) is 10.7. The summed E-state index contributed by atoms with van der Waals surface area (Å²) in [7, 11) is 9.76. The molecule has 490 valence electrons. The van der Waals surface area contributed by atoms with Gasteiger partial charge in [-0.05, 0) is 93.8 Å². The molecule has 0 spiro atoms. The molecule has 0 aliphatic carbocycles. The second-order valence-electron chi connectivity index (χ2n) is 26.1. The molecule has 1 aliphatic rings. The minimum absolute atomic E-state index is 0.0197. The molecule has 0 aromatic carbocycles. The first-order valence-electron chi connectivity index (χ1n) is 31.6. The smallest absolute Gasteiger partial charge is 0.246 e. The maximum atomic E-state index is 15.2. The van der Waals surface area contributed by atoms with Crippen LogP contribution in [-0.4, -0.2) is 227 Å². The predicted octanol–water partition coefficient (Wildman–Crippen LogP) is 3.44. The van der Waals surface area contributed by atoms with Gasteiger partial charge >= 0.3 is 0 Å². The van der Waals surface area contributed by atoms with Gasteiger partial charge in [0, 0.05) is 49.3 Å². The second kappa shape index (κ2) is 35.4. The lowest BCUT2D eigenvalue weighted by atomic mass is 9.91. The highest BCUT2D eigenvalue weighted by molar-refractivity contribution is 5.99. The second-order valence-corrected chi connectivity index (χ2v) is 26.1. The van der Waals surface area contributed by atoms with Crippen molar-refractivity contribution in [1.82, 2.24) is 55.6 Å². The van der Waals surface area contributed by atoms with Crippen molar-refractivity contribution < 1.29 is 60.6 Å². The Hall–Kier alpha value is -6.39. The number of likely N-dealkylation sites (N-methyl/N-ethyl adjacent to an activating group) is 7. The standard InChI is InChI=1S/C63H111N11O12/c1-25-27-28-29-41(15)53(76)52-57(80)66-44(26-2)59(82)68(18)34-49(75)69(19)45(30-35(3)4)56(79)67-50(39(11)12)62(85)70(20)46(31-36(5)6)55(78)64-42(16)54(77)65-43(17)58(81)71(21)47(32-37(7)8)60(83)72(22)48(33-38(9)10)61(84)73(23)51(40(13)14)63(86)74(52)24/h25,27-28,35-48,50-53,76H,1,26,29-34H2,2-24H3,(H,64,78)(H,65,77)(H,66,80)(H,67,79)/b28-27+/t41-,42+,43-,44+,45+,46+,47+,48+,50+,51+,52+,53-/m1/s1/i1D2. The van der Waals surface area contributed by atoms with Crippen LogP contribution in [0.15, 0.2) is 24.8 Å². The first kappa shape index (κ1) is 73.9. The molecule has 86 heavy (non-hydrogen) atoms. The molecule has 0 radical (unpaired) electrons. The molecule has 23 nitrogen and oxygen atoms in total. The van der Waals surface area contributed by atoms with Crippen molar-refractivity contribution in [1.29, 1.82) is 0 Å². The number of carbonyl (C=O) groups excluding carboxylic acids is 11. The first-order valence-corrected chi connectivity index (χ1v) is 30.6. The maximum absolute atomic E-state index is 15.2. The van der Waals surface area contributed by atoms with Crippen LogP contribution < -0.4 is 21.3 Å². The fraction of sp³-hybridized carbons (Fsp3) is 0.762. The topological polar surface area (TPSA) is 279 Å². The summed E-state index contributed by atoms with van der Waals surface area (Å²) in [6, 6.07) is -12.7. The van der Waals surface area contributed by atoms with Crippen molar-refractivity contribution in [2.24, 2.45) is 41.4 Å². The molecule has 1 aliphatic heterocycles. The Balaban J connectivity index is 4.36. The van der Waals surface area contributed by atoms with Gasteiger partial charge in [-0.25, -0.2) is 0 Å². The zero-order valence-corrected chi connectivity index (χ0v) is 56.1. The minimum Gasteiger partial charge on any atom is -0.390 e. The van der Waals surface area contributed by atoms with E-state index in [4.69, 9.17) is 2.74 Å². The molecule has 11 amide bonds. The average Bonchev–Trinajstić information content (AvgIpc) is 2.39. The number of aliphatic hydroxyl groups excluding tert-OH is 1. The number of aliphatic hydroxyl groups is 1. The van der Waals surface area contributed by atoms with Crippen molar-refractivity contribution >= 4 is 65.0 Å². The Morgan fingerprint density at radius 2 is 0.930 bits per heavy atom. The van der Waals surface area contributed by atoms with Crippen LogP contribution in [0, 0.1) is 41.4 Å². The number of nitrogens with zero attached hydrogens (tertiary/aromatic N) is 7. The van der Waals surface area contributed by atoms with Gasteiger partial charge in [0.15, 0.2) is 0 Å². The van der Waals surface area contributed by atoms with Crippen LogP contribution in [0.5, 0.6) is 0 Å². The van der Waals surface area contributed by atoms with Crippen molar-refractivity contribution in [2.75, 3.05) is 55.9 Å². The molecule has 23 heteroatoms. The number of nitrogens with one attached hydrogen (secondary N) is 4. The third-order valence-electron chi connectivity index (χ3n) is 16.1. The van der Waals surface area contributed by atoms with Crippen molar-refractivity contribution in [3.05, 3.63) is 24.8 Å². The lowest BCUT2D eigenvalue weighted by Crippen LogP contribution is -2.63. The summed E-state index contributed by atoms with van der Waals surface area (Å²) in [5.74, 6) is -10.3. The molecule has 0 aromatic rings. The quantitative estimate of drug-likeness (QED) is 0.139. The number of rotatable bonds is 16. The molecule has 0 unspecified atom stereocenters. The predicted molar refractivity (Wildman–Crippen MR) is 333 cm³/mol. The van der Waals surface area contributed by atoms with E-state index in [1.54, 1.807) is 47.6 Å². The monoisotopic (exact) mass is 1220 g/mol. The maximum Gasteiger partial charge on any atom is 0.246 e. The molecule has 0 aromatic heterocycles. The molecule has 0 saturated carbocycles. The molecule has 1 saturated heterocycles. The van der Waals surface area contributed by atoms with E-state index in [9.17, 15) is 48.3 Å². The van der Waals surface area contributed by atoms with E-state index < -0.39 is 162 Å². The largest absolute Gasteiger partial charge is 0.390 e. The molecule has 1 rings (SSSR count). The van der Waals surface area contributed by atoms with Crippen LogP contribution in [0.1, 0.15) is 152 Å². The summed E-state index contributed by atoms with van der Waals surface area (Å²) >= 11 is 0. The van der Waals surface area contributed by atoms with Crippen LogP contribution in [0.3, 0.4) is 0 Å². The van der Waals surface area contributed by atoms with Crippen molar-refractivity contribution in [3.63, 3.8) is 0 Å². The molecule has 1 heterocycles. The van der Waals surface area contributed by atoms with E-state index in [-0.39, 0.29) is 62.2 Å². The summed E-state index contributed by atoms with van der Waals surface area (Å²) in [6.07, 6.45) is 3.26. The van der Waals surface area contributed by atoms with Gasteiger partial charge < -0.3 is 60.7 Å². The molecular formula is C63H111N11O12. The Morgan fingerprint density at radius 3 is 1.40 bits per heavy atom. The van der Waals surface area contributed by atoms with Gasteiger partial charge in [0.05, 0.1) is 15.4 Å². The minimum atomic E-state index is -1.71. The van der Waals surface area contributed by atoms with Gasteiger partial charge in [0.1, 0.15) is 60.4 Å². The highest BCUT2D eigenvalue weighted by Gasteiger charge is 2.45. The lowest BCUT2D eigenvalue weighted by Gasteiger charge is -2.41. The Kier molecular flexibility index (Phi) is 30.4. The first-order chi connectivity index (χ1) is 40.6. The van der Waals surface area contributed by atoms with Gasteiger partial charge in [-0.3, -0.25) is 52.7 Å². The summed E-state index contributed by atoms with van der Waals surface area (Å²) < 4.78 is 14.9. The molecule has 5 N–H and O–H groups in total.